The molecule has 8 heteroatoms. The van der Waals surface area contributed by atoms with Crippen LogP contribution in [0.15, 0.2) is 48.7 Å². The zero-order valence-electron chi connectivity index (χ0n) is 21.9. The zero-order valence-corrected chi connectivity index (χ0v) is 21.9. The molecule has 0 radical (unpaired) electrons. The molecule has 6 rings (SSSR count). The van der Waals surface area contributed by atoms with Crippen LogP contribution in [0, 0.1) is 17.2 Å². The van der Waals surface area contributed by atoms with E-state index in [9.17, 15) is 15.2 Å². The number of carbonyl (C=O) groups is 1. The number of benzene rings is 2. The highest BCUT2D eigenvalue weighted by Gasteiger charge is 2.32. The molecule has 4 heterocycles. The molecule has 0 unspecified atom stereocenters. The average molecular weight is 511 g/mol. The van der Waals surface area contributed by atoms with Gasteiger partial charge in [0.05, 0.1) is 11.1 Å². The van der Waals surface area contributed by atoms with Gasteiger partial charge < -0.3 is 19.8 Å². The molecular weight excluding hydrogens is 476 g/mol. The third kappa shape index (κ3) is 4.63. The summed E-state index contributed by atoms with van der Waals surface area (Å²) in [5, 5.41) is 19.8. The Morgan fingerprint density at radius 2 is 1.87 bits per heavy atom. The number of piperazine rings is 1. The molecule has 196 valence electrons. The maximum Gasteiger partial charge on any atom is 0.407 e. The number of amides is 1. The number of fused-ring (bicyclic) bond motifs is 2. The monoisotopic (exact) mass is 510 g/mol. The standard InChI is InChI=1S/C30H34N6O2/c1-21-15-26(20-36(18-21)28-7-5-23(17-31)29-27(28)3-2-9-32-29)35-10-8-22-16-25(6-4-24(22)19-35)33-11-13-34(14-12-33)30(37)38/h2-7,9,16,21,26H,8,10-15,18-20H2,1H3,(H,37,38)/t21-,26+/m1/s1. The van der Waals surface area contributed by atoms with E-state index in [-0.39, 0.29) is 0 Å². The van der Waals surface area contributed by atoms with Crippen LogP contribution in [-0.4, -0.2) is 77.8 Å². The van der Waals surface area contributed by atoms with Gasteiger partial charge in [-0.25, -0.2) is 4.79 Å². The number of hydrogen-bond donors (Lipinski definition) is 1. The van der Waals surface area contributed by atoms with Crippen molar-refractivity contribution in [3.8, 4) is 6.07 Å². The SMILES string of the molecule is C[C@@H]1C[C@H](N2CCc3cc(N4CCN(C(=O)O)CC4)ccc3C2)CN(c2ccc(C#N)c3ncccc23)C1. The number of pyridine rings is 1. The fourth-order valence-electron chi connectivity index (χ4n) is 6.53. The average Bonchev–Trinajstić information content (AvgIpc) is 2.95. The predicted molar refractivity (Wildman–Crippen MR) is 149 cm³/mol. The van der Waals surface area contributed by atoms with Gasteiger partial charge in [0.2, 0.25) is 0 Å². The van der Waals surface area contributed by atoms with Gasteiger partial charge in [0.25, 0.3) is 0 Å². The Balaban J connectivity index is 1.17. The summed E-state index contributed by atoms with van der Waals surface area (Å²) in [5.74, 6) is 0.573. The van der Waals surface area contributed by atoms with Crippen LogP contribution in [0.1, 0.15) is 30.0 Å². The van der Waals surface area contributed by atoms with Crippen molar-refractivity contribution in [2.75, 3.05) is 55.6 Å². The lowest BCUT2D eigenvalue weighted by Crippen LogP contribution is -2.52. The minimum absolute atomic E-state index is 0.470. The van der Waals surface area contributed by atoms with E-state index in [1.165, 1.54) is 33.8 Å². The fourth-order valence-corrected chi connectivity index (χ4v) is 6.53. The second-order valence-corrected chi connectivity index (χ2v) is 11.0. The fraction of sp³-hybridized carbons (Fsp3) is 0.433. The molecular formula is C30H34N6O2. The van der Waals surface area contributed by atoms with Crippen molar-refractivity contribution >= 4 is 28.4 Å². The Bertz CT molecular complexity index is 1390. The van der Waals surface area contributed by atoms with E-state index in [0.717, 1.165) is 56.6 Å². The van der Waals surface area contributed by atoms with Crippen LogP contribution in [0.2, 0.25) is 0 Å². The molecule has 2 fully saturated rings. The lowest BCUT2D eigenvalue weighted by Gasteiger charge is -2.45. The molecule has 1 aromatic heterocycles. The quantitative estimate of drug-likeness (QED) is 0.566. The summed E-state index contributed by atoms with van der Waals surface area (Å²) in [6.45, 7) is 8.93. The van der Waals surface area contributed by atoms with E-state index in [2.05, 4.69) is 63.0 Å². The molecule has 0 bridgehead atoms. The van der Waals surface area contributed by atoms with Crippen molar-refractivity contribution in [2.24, 2.45) is 5.92 Å². The molecule has 3 aliphatic rings. The summed E-state index contributed by atoms with van der Waals surface area (Å²) in [6.07, 6.45) is 3.16. The molecule has 2 atom stereocenters. The molecule has 2 saturated heterocycles. The van der Waals surface area contributed by atoms with Gasteiger partial charge in [0.15, 0.2) is 0 Å². The van der Waals surface area contributed by atoms with E-state index in [4.69, 9.17) is 0 Å². The highest BCUT2D eigenvalue weighted by Crippen LogP contribution is 2.34. The third-order valence-corrected chi connectivity index (χ3v) is 8.51. The van der Waals surface area contributed by atoms with Crippen molar-refractivity contribution < 1.29 is 9.90 Å². The number of aromatic nitrogens is 1. The van der Waals surface area contributed by atoms with Crippen molar-refractivity contribution in [3.05, 3.63) is 65.4 Å². The number of rotatable bonds is 3. The molecule has 3 aliphatic heterocycles. The topological polar surface area (TPSA) is 86.9 Å². The number of nitrogens with zero attached hydrogens (tertiary/aromatic N) is 6. The molecule has 0 aliphatic carbocycles. The maximum atomic E-state index is 11.2. The molecule has 0 spiro atoms. The molecule has 38 heavy (non-hydrogen) atoms. The van der Waals surface area contributed by atoms with Crippen molar-refractivity contribution in [1.82, 2.24) is 14.8 Å². The lowest BCUT2D eigenvalue weighted by atomic mass is 9.91. The molecule has 0 saturated carbocycles. The summed E-state index contributed by atoms with van der Waals surface area (Å²) in [7, 11) is 0. The van der Waals surface area contributed by atoms with Crippen molar-refractivity contribution in [1.29, 1.82) is 5.26 Å². The van der Waals surface area contributed by atoms with Crippen molar-refractivity contribution in [2.45, 2.75) is 32.4 Å². The minimum atomic E-state index is -0.824. The number of anilines is 2. The van der Waals surface area contributed by atoms with E-state index in [1.807, 2.05) is 12.1 Å². The van der Waals surface area contributed by atoms with Crippen LogP contribution in [-0.2, 0) is 13.0 Å². The Hall–Kier alpha value is -3.83. The van der Waals surface area contributed by atoms with Crippen LogP contribution in [0.3, 0.4) is 0 Å². The second-order valence-electron chi connectivity index (χ2n) is 11.0. The number of nitriles is 1. The highest BCUT2D eigenvalue weighted by molar-refractivity contribution is 5.95. The van der Waals surface area contributed by atoms with Gasteiger partial charge >= 0.3 is 6.09 Å². The summed E-state index contributed by atoms with van der Waals surface area (Å²) in [6, 6.07) is 17.6. The van der Waals surface area contributed by atoms with Gasteiger partial charge in [-0.3, -0.25) is 9.88 Å². The summed E-state index contributed by atoms with van der Waals surface area (Å²) < 4.78 is 0. The molecule has 8 nitrogen and oxygen atoms in total. The van der Waals surface area contributed by atoms with Crippen LogP contribution >= 0.6 is 0 Å². The number of piperidine rings is 1. The Morgan fingerprint density at radius 3 is 2.66 bits per heavy atom. The van der Waals surface area contributed by atoms with E-state index >= 15 is 0 Å². The first-order valence-electron chi connectivity index (χ1n) is 13.6. The van der Waals surface area contributed by atoms with E-state index in [1.54, 1.807) is 6.20 Å². The maximum absolute atomic E-state index is 11.2. The van der Waals surface area contributed by atoms with Gasteiger partial charge in [-0.15, -0.1) is 0 Å². The van der Waals surface area contributed by atoms with Gasteiger partial charge in [-0.05, 0) is 66.3 Å². The third-order valence-electron chi connectivity index (χ3n) is 8.51. The first-order valence-corrected chi connectivity index (χ1v) is 13.6. The molecule has 3 aromatic rings. The molecule has 1 N–H and O–H groups in total. The molecule has 1 amide bonds. The van der Waals surface area contributed by atoms with Gasteiger partial charge in [0.1, 0.15) is 6.07 Å². The molecule has 2 aromatic carbocycles. The van der Waals surface area contributed by atoms with Gasteiger partial charge in [-0.1, -0.05) is 13.0 Å². The lowest BCUT2D eigenvalue weighted by molar-refractivity contribution is 0.142. The summed E-state index contributed by atoms with van der Waals surface area (Å²) >= 11 is 0. The van der Waals surface area contributed by atoms with Crippen molar-refractivity contribution in [3.63, 3.8) is 0 Å². The van der Waals surface area contributed by atoms with E-state index < -0.39 is 6.09 Å². The minimum Gasteiger partial charge on any atom is -0.465 e. The first-order chi connectivity index (χ1) is 18.5. The summed E-state index contributed by atoms with van der Waals surface area (Å²) in [5.41, 5.74) is 6.62. The Kier molecular flexibility index (Phi) is 6.54. The first kappa shape index (κ1) is 24.5. The predicted octanol–water partition coefficient (Wildman–Crippen LogP) is 4.18. The highest BCUT2D eigenvalue weighted by atomic mass is 16.4. The van der Waals surface area contributed by atoms with Gasteiger partial charge in [-0.2, -0.15) is 5.26 Å². The second kappa shape index (κ2) is 10.1. The number of carboxylic acid groups (broad SMARTS) is 1. The van der Waals surface area contributed by atoms with Crippen LogP contribution in [0.5, 0.6) is 0 Å². The van der Waals surface area contributed by atoms with E-state index in [0.29, 0.717) is 30.6 Å². The zero-order chi connectivity index (χ0) is 26.2. The normalized spacial score (nSPS) is 22.3. The Labute approximate surface area is 223 Å². The van der Waals surface area contributed by atoms with Crippen LogP contribution in [0.4, 0.5) is 16.2 Å². The van der Waals surface area contributed by atoms with Gasteiger partial charge in [0, 0.05) is 81.4 Å². The Morgan fingerprint density at radius 1 is 1.03 bits per heavy atom. The van der Waals surface area contributed by atoms with Crippen LogP contribution in [0.25, 0.3) is 10.9 Å². The largest absolute Gasteiger partial charge is 0.465 e. The number of hydrogen-bond acceptors (Lipinski definition) is 6. The van der Waals surface area contributed by atoms with Crippen LogP contribution < -0.4 is 9.80 Å². The smallest absolute Gasteiger partial charge is 0.407 e. The summed E-state index contributed by atoms with van der Waals surface area (Å²) in [4.78, 5) is 24.7.